The van der Waals surface area contributed by atoms with E-state index in [1.807, 2.05) is 0 Å². The Kier molecular flexibility index (Phi) is 56.3. The number of carbonyl (C=O) groups excluding carboxylic acids is 2. The van der Waals surface area contributed by atoms with Crippen LogP contribution in [0.5, 0.6) is 0 Å². The van der Waals surface area contributed by atoms with E-state index < -0.39 is 6.10 Å². The highest BCUT2D eigenvalue weighted by Gasteiger charge is 2.17. The smallest absolute Gasteiger partial charge is 0.306 e. The van der Waals surface area contributed by atoms with Crippen molar-refractivity contribution >= 4 is 11.9 Å². The lowest BCUT2D eigenvalue weighted by Crippen LogP contribution is -2.30. The van der Waals surface area contributed by atoms with E-state index in [2.05, 4.69) is 45.1 Å². The van der Waals surface area contributed by atoms with Crippen LogP contribution in [-0.4, -0.2) is 37.9 Å². The number of hydrogen-bond donors (Lipinski definition) is 0. The summed E-state index contributed by atoms with van der Waals surface area (Å²) in [6.45, 7) is 7.87. The van der Waals surface area contributed by atoms with Crippen molar-refractivity contribution in [3.8, 4) is 0 Å². The van der Waals surface area contributed by atoms with Gasteiger partial charge in [0.05, 0.1) is 6.61 Å². The Labute approximate surface area is 413 Å². The molecular formula is C61H116O5. The molecule has 0 aliphatic heterocycles. The topological polar surface area (TPSA) is 61.8 Å². The van der Waals surface area contributed by atoms with Crippen LogP contribution in [-0.2, 0) is 23.8 Å². The largest absolute Gasteiger partial charge is 0.462 e. The normalized spacial score (nSPS) is 12.2. The summed E-state index contributed by atoms with van der Waals surface area (Å²) < 4.78 is 17.5. The molecule has 5 nitrogen and oxygen atoms in total. The summed E-state index contributed by atoms with van der Waals surface area (Å²) >= 11 is 0. The fourth-order valence-electron chi connectivity index (χ4n) is 9.01. The standard InChI is InChI=1S/C61H116O5/c1-4-7-10-13-16-19-22-25-28-30-32-35-38-41-44-47-50-53-56-64-57-59(66-61(63)55-52-49-46-43-40-37-33-27-24-21-18-15-12-9-6-3)58-65-60(62)54-51-48-45-42-39-36-34-31-29-26-23-20-17-14-11-8-5-2/h18,21,27,33,59H,4-17,19-20,22-26,28-32,34-58H2,1-3H3/b21-18-,33-27-. The number of esters is 2. The number of carbonyl (C=O) groups is 2. The molecule has 0 fully saturated rings. The summed E-state index contributed by atoms with van der Waals surface area (Å²) in [4.78, 5) is 25.5. The van der Waals surface area contributed by atoms with E-state index in [0.29, 0.717) is 26.1 Å². The van der Waals surface area contributed by atoms with Gasteiger partial charge in [-0.25, -0.2) is 0 Å². The third-order valence-electron chi connectivity index (χ3n) is 13.5. The number of ether oxygens (including phenoxy) is 3. The van der Waals surface area contributed by atoms with E-state index in [-0.39, 0.29) is 18.5 Å². The van der Waals surface area contributed by atoms with Crippen LogP contribution in [0.4, 0.5) is 0 Å². The van der Waals surface area contributed by atoms with Gasteiger partial charge in [-0.1, -0.05) is 289 Å². The molecule has 0 saturated heterocycles. The maximum atomic E-state index is 12.9. The SMILES string of the molecule is CCCCC/C=C\C/C=C\CCCCCCCC(=O)OC(COCCCCCCCCCCCCCCCCCCCC)COC(=O)CCCCCCCCCCCCCCCCCCC. The molecular weight excluding hydrogens is 813 g/mol. The maximum Gasteiger partial charge on any atom is 0.306 e. The van der Waals surface area contributed by atoms with Crippen LogP contribution in [0.25, 0.3) is 0 Å². The quantitative estimate of drug-likeness (QED) is 0.0345. The van der Waals surface area contributed by atoms with E-state index >= 15 is 0 Å². The molecule has 0 heterocycles. The molecule has 0 bridgehead atoms. The highest BCUT2D eigenvalue weighted by molar-refractivity contribution is 5.70. The average Bonchev–Trinajstić information content (AvgIpc) is 3.32. The first-order chi connectivity index (χ1) is 32.6. The second kappa shape index (κ2) is 57.7. The van der Waals surface area contributed by atoms with Gasteiger partial charge in [0.25, 0.3) is 0 Å². The molecule has 0 aliphatic rings. The Bertz CT molecular complexity index is 1010. The molecule has 0 aliphatic carbocycles. The Balaban J connectivity index is 4.22. The molecule has 66 heavy (non-hydrogen) atoms. The van der Waals surface area contributed by atoms with Crippen molar-refractivity contribution < 1.29 is 23.8 Å². The molecule has 390 valence electrons. The van der Waals surface area contributed by atoms with Crippen molar-refractivity contribution in [2.45, 2.75) is 335 Å². The van der Waals surface area contributed by atoms with Crippen molar-refractivity contribution in [3.05, 3.63) is 24.3 Å². The zero-order valence-corrected chi connectivity index (χ0v) is 45.0. The van der Waals surface area contributed by atoms with Crippen LogP contribution >= 0.6 is 0 Å². The Morgan fingerprint density at radius 1 is 0.333 bits per heavy atom. The predicted octanol–water partition coefficient (Wildman–Crippen LogP) is 20.4. The highest BCUT2D eigenvalue weighted by atomic mass is 16.6. The second-order valence-electron chi connectivity index (χ2n) is 20.3. The summed E-state index contributed by atoms with van der Waals surface area (Å²) in [5.41, 5.74) is 0. The summed E-state index contributed by atoms with van der Waals surface area (Å²) in [7, 11) is 0. The fraction of sp³-hybridized carbons (Fsp3) is 0.902. The highest BCUT2D eigenvalue weighted by Crippen LogP contribution is 2.17. The van der Waals surface area contributed by atoms with E-state index in [1.165, 1.54) is 244 Å². The van der Waals surface area contributed by atoms with Crippen molar-refractivity contribution in [3.63, 3.8) is 0 Å². The molecule has 5 heteroatoms. The van der Waals surface area contributed by atoms with Gasteiger partial charge in [-0.3, -0.25) is 9.59 Å². The van der Waals surface area contributed by atoms with Crippen molar-refractivity contribution in [2.24, 2.45) is 0 Å². The lowest BCUT2D eigenvalue weighted by atomic mass is 10.0. The monoisotopic (exact) mass is 929 g/mol. The van der Waals surface area contributed by atoms with E-state index in [1.54, 1.807) is 0 Å². The maximum absolute atomic E-state index is 12.9. The minimum absolute atomic E-state index is 0.0881. The average molecular weight is 930 g/mol. The zero-order chi connectivity index (χ0) is 47.7. The van der Waals surface area contributed by atoms with E-state index in [9.17, 15) is 9.59 Å². The lowest BCUT2D eigenvalue weighted by Gasteiger charge is -2.18. The molecule has 1 atom stereocenters. The lowest BCUT2D eigenvalue weighted by molar-refractivity contribution is -0.163. The minimum Gasteiger partial charge on any atom is -0.462 e. The number of hydrogen-bond acceptors (Lipinski definition) is 5. The van der Waals surface area contributed by atoms with Gasteiger partial charge in [0.2, 0.25) is 0 Å². The third-order valence-corrected chi connectivity index (χ3v) is 13.5. The molecule has 0 rings (SSSR count). The van der Waals surface area contributed by atoms with Gasteiger partial charge in [0.15, 0.2) is 6.10 Å². The molecule has 0 aromatic heterocycles. The van der Waals surface area contributed by atoms with Crippen LogP contribution in [0.3, 0.4) is 0 Å². The van der Waals surface area contributed by atoms with Crippen molar-refractivity contribution in [1.82, 2.24) is 0 Å². The van der Waals surface area contributed by atoms with Crippen molar-refractivity contribution in [1.29, 1.82) is 0 Å². The fourth-order valence-corrected chi connectivity index (χ4v) is 9.01. The van der Waals surface area contributed by atoms with Crippen molar-refractivity contribution in [2.75, 3.05) is 19.8 Å². The molecule has 0 spiro atoms. The van der Waals surface area contributed by atoms with E-state index in [4.69, 9.17) is 14.2 Å². The van der Waals surface area contributed by atoms with Crippen LogP contribution in [0.2, 0.25) is 0 Å². The second-order valence-corrected chi connectivity index (χ2v) is 20.3. The Hall–Kier alpha value is -1.62. The van der Waals surface area contributed by atoms with E-state index in [0.717, 1.165) is 51.4 Å². The van der Waals surface area contributed by atoms with Crippen LogP contribution in [0.1, 0.15) is 329 Å². The van der Waals surface area contributed by atoms with Gasteiger partial charge >= 0.3 is 11.9 Å². The molecule has 0 aromatic carbocycles. The first-order valence-electron chi connectivity index (χ1n) is 29.9. The summed E-state index contributed by atoms with van der Waals surface area (Å²) in [6.07, 6.45) is 69.2. The van der Waals surface area contributed by atoms with Gasteiger partial charge in [0, 0.05) is 19.4 Å². The zero-order valence-electron chi connectivity index (χ0n) is 45.0. The predicted molar refractivity (Wildman–Crippen MR) is 289 cm³/mol. The summed E-state index contributed by atoms with van der Waals surface area (Å²) in [5.74, 6) is -0.388. The number of unbranched alkanes of at least 4 members (excludes halogenated alkanes) is 41. The summed E-state index contributed by atoms with van der Waals surface area (Å²) in [6, 6.07) is 0. The van der Waals surface area contributed by atoms with Crippen LogP contribution in [0, 0.1) is 0 Å². The Morgan fingerprint density at radius 3 is 1.03 bits per heavy atom. The minimum atomic E-state index is -0.537. The van der Waals surface area contributed by atoms with Crippen LogP contribution in [0.15, 0.2) is 24.3 Å². The first kappa shape index (κ1) is 64.4. The van der Waals surface area contributed by atoms with Gasteiger partial charge in [-0.05, 0) is 51.4 Å². The van der Waals surface area contributed by atoms with Crippen LogP contribution < -0.4 is 0 Å². The third kappa shape index (κ3) is 55.0. The first-order valence-corrected chi connectivity index (χ1v) is 29.9. The van der Waals surface area contributed by atoms with Gasteiger partial charge < -0.3 is 14.2 Å². The molecule has 0 radical (unpaired) electrons. The van der Waals surface area contributed by atoms with Gasteiger partial charge in [-0.15, -0.1) is 0 Å². The molecule has 0 amide bonds. The Morgan fingerprint density at radius 2 is 0.636 bits per heavy atom. The van der Waals surface area contributed by atoms with Gasteiger partial charge in [-0.2, -0.15) is 0 Å². The molecule has 0 saturated carbocycles. The number of rotatable bonds is 56. The molecule has 0 N–H and O–H groups in total. The van der Waals surface area contributed by atoms with Gasteiger partial charge in [0.1, 0.15) is 6.61 Å². The molecule has 0 aromatic rings. The number of allylic oxidation sites excluding steroid dienone is 4. The summed E-state index contributed by atoms with van der Waals surface area (Å²) in [5, 5.41) is 0. The molecule has 1 unspecified atom stereocenters.